The van der Waals surface area contributed by atoms with Gasteiger partial charge in [0, 0.05) is 13.0 Å². The number of aliphatic carboxylic acids is 1. The monoisotopic (exact) mass is 1000 g/mol. The summed E-state index contributed by atoms with van der Waals surface area (Å²) in [5.74, 6) is -1.76. The summed E-state index contributed by atoms with van der Waals surface area (Å²) in [5.41, 5.74) is 5.39. The minimum absolute atomic E-state index is 0.0268. The number of rotatable bonds is 59. The molecule has 0 aromatic rings. The molecule has 0 radical (unpaired) electrons. The van der Waals surface area contributed by atoms with Crippen LogP contribution in [0, 0.1) is 0 Å². The summed E-state index contributed by atoms with van der Waals surface area (Å²) in [5, 5.41) is 8.96. The van der Waals surface area contributed by atoms with Crippen LogP contribution in [-0.4, -0.2) is 60.5 Å². The topological polar surface area (TPSA) is 155 Å². The van der Waals surface area contributed by atoms with E-state index >= 15 is 0 Å². The average molecular weight is 1000 g/mol. The molecule has 0 saturated carbocycles. The number of esters is 1. The highest BCUT2D eigenvalue weighted by atomic mass is 31.2. The molecule has 0 heterocycles. The number of carboxylic acids is 1. The molecule has 0 aliphatic heterocycles. The molecule has 4 N–H and O–H groups in total. The molecule has 0 rings (SSSR count). The van der Waals surface area contributed by atoms with Crippen LogP contribution < -0.4 is 5.73 Å². The van der Waals surface area contributed by atoms with E-state index in [4.69, 9.17) is 29.4 Å². The molecule has 0 aromatic carbocycles. The molecule has 0 fully saturated rings. The molecule has 3 atom stereocenters. The first kappa shape index (κ1) is 68.0. The third-order valence-corrected chi connectivity index (χ3v) is 14.8. The van der Waals surface area contributed by atoms with Gasteiger partial charge in [-0.15, -0.1) is 0 Å². The third kappa shape index (κ3) is 54.6. The summed E-state index contributed by atoms with van der Waals surface area (Å²) in [6.07, 6.45) is 61.9. The Balaban J connectivity index is 3.96. The lowest BCUT2D eigenvalue weighted by molar-refractivity contribution is -0.154. The number of unbranched alkanes of at least 4 members (excludes halogenated alkanes) is 45. The van der Waals surface area contributed by atoms with Crippen LogP contribution in [0.25, 0.3) is 0 Å². The van der Waals surface area contributed by atoms with Gasteiger partial charge in [-0.1, -0.05) is 303 Å². The molecular formula is C58H116NO9P. The van der Waals surface area contributed by atoms with Crippen LogP contribution in [-0.2, 0) is 32.7 Å². The summed E-state index contributed by atoms with van der Waals surface area (Å²) < 4.78 is 33.6. The quantitative estimate of drug-likeness (QED) is 0.0305. The SMILES string of the molecule is CCCCCCCCCCCCCCCCCCCCCCCCCCCCCC(=O)O[C@H](COCCCCCCCCCCCCCCCCCCCCCC)COP(=O)(O)OC[C@H](N)C(=O)O. The van der Waals surface area contributed by atoms with Gasteiger partial charge in [-0.2, -0.15) is 0 Å². The molecule has 1 unspecified atom stereocenters. The summed E-state index contributed by atoms with van der Waals surface area (Å²) >= 11 is 0. The Morgan fingerprint density at radius 2 is 0.667 bits per heavy atom. The van der Waals surface area contributed by atoms with Gasteiger partial charge in [0.25, 0.3) is 0 Å². The lowest BCUT2D eigenvalue weighted by atomic mass is 10.0. The Hall–Kier alpha value is -1.03. The standard InChI is InChI=1S/C58H116NO9P/c1-3-5-7-9-11-13-15-17-19-21-23-25-26-27-28-29-30-31-32-34-36-38-40-42-44-46-48-50-57(60)68-55(53-66-69(63,64)67-54-56(59)58(61)62)52-65-51-49-47-45-43-41-39-37-35-33-24-22-20-18-16-14-12-10-8-6-4-2/h55-56H,3-54,59H2,1-2H3,(H,61,62)(H,63,64)/t55-,56+/m1/s1. The predicted molar refractivity (Wildman–Crippen MR) is 291 cm³/mol. The second-order valence-corrected chi connectivity index (χ2v) is 22.3. The van der Waals surface area contributed by atoms with E-state index in [0.29, 0.717) is 6.61 Å². The van der Waals surface area contributed by atoms with Crippen molar-refractivity contribution in [2.45, 2.75) is 334 Å². The number of nitrogens with two attached hydrogens (primary N) is 1. The van der Waals surface area contributed by atoms with Crippen molar-refractivity contribution in [1.82, 2.24) is 0 Å². The number of phosphoric acid groups is 1. The van der Waals surface area contributed by atoms with Gasteiger partial charge in [-0.25, -0.2) is 4.57 Å². The van der Waals surface area contributed by atoms with Crippen LogP contribution in [0.2, 0.25) is 0 Å². The second kappa shape index (κ2) is 54.7. The lowest BCUT2D eigenvalue weighted by Gasteiger charge is -2.20. The van der Waals surface area contributed by atoms with Gasteiger partial charge in [0.2, 0.25) is 0 Å². The fraction of sp³-hybridized carbons (Fsp3) is 0.966. The van der Waals surface area contributed by atoms with Gasteiger partial charge < -0.3 is 25.2 Å². The van der Waals surface area contributed by atoms with Crippen molar-refractivity contribution in [2.75, 3.05) is 26.4 Å². The zero-order valence-electron chi connectivity index (χ0n) is 45.7. The number of phosphoric ester groups is 1. The van der Waals surface area contributed by atoms with Crippen LogP contribution in [0.4, 0.5) is 0 Å². The maximum absolute atomic E-state index is 12.8. The summed E-state index contributed by atoms with van der Waals surface area (Å²) in [4.78, 5) is 33.8. The molecule has 0 saturated heterocycles. The first-order valence-corrected chi connectivity index (χ1v) is 31.6. The minimum Gasteiger partial charge on any atom is -0.480 e. The molecule has 0 aliphatic rings. The number of ether oxygens (including phenoxy) is 2. The van der Waals surface area contributed by atoms with Crippen molar-refractivity contribution in [2.24, 2.45) is 5.73 Å². The van der Waals surface area contributed by atoms with Crippen LogP contribution >= 0.6 is 7.82 Å². The zero-order valence-corrected chi connectivity index (χ0v) is 46.6. The van der Waals surface area contributed by atoms with Crippen LogP contribution in [0.1, 0.15) is 322 Å². The molecule has 0 bridgehead atoms. The first-order valence-electron chi connectivity index (χ1n) is 30.1. The first-order chi connectivity index (χ1) is 33.7. The van der Waals surface area contributed by atoms with E-state index in [1.165, 1.54) is 263 Å². The fourth-order valence-corrected chi connectivity index (χ4v) is 10.0. The molecule has 69 heavy (non-hydrogen) atoms. The Bertz CT molecular complexity index is 1110. The fourth-order valence-electron chi connectivity index (χ4n) is 9.26. The second-order valence-electron chi connectivity index (χ2n) is 20.9. The number of carbonyl (C=O) groups excluding carboxylic acids is 1. The van der Waals surface area contributed by atoms with Gasteiger partial charge in [0.1, 0.15) is 12.1 Å². The zero-order chi connectivity index (χ0) is 50.4. The van der Waals surface area contributed by atoms with Gasteiger partial charge in [-0.3, -0.25) is 18.6 Å². The molecule has 11 heteroatoms. The molecule has 10 nitrogen and oxygen atoms in total. The maximum Gasteiger partial charge on any atom is 0.472 e. The molecule has 0 aliphatic carbocycles. The van der Waals surface area contributed by atoms with Crippen LogP contribution in [0.3, 0.4) is 0 Å². The van der Waals surface area contributed by atoms with Gasteiger partial charge >= 0.3 is 19.8 Å². The number of hydrogen-bond donors (Lipinski definition) is 3. The van der Waals surface area contributed by atoms with E-state index in [9.17, 15) is 19.0 Å². The van der Waals surface area contributed by atoms with Crippen molar-refractivity contribution < 1.29 is 42.7 Å². The average Bonchev–Trinajstić information content (AvgIpc) is 3.33. The molecule has 412 valence electrons. The van der Waals surface area contributed by atoms with E-state index in [1.807, 2.05) is 0 Å². The van der Waals surface area contributed by atoms with Crippen LogP contribution in [0.5, 0.6) is 0 Å². The van der Waals surface area contributed by atoms with Gasteiger partial charge in [0.05, 0.1) is 19.8 Å². The smallest absolute Gasteiger partial charge is 0.472 e. The number of carbonyl (C=O) groups is 2. The highest BCUT2D eigenvalue weighted by molar-refractivity contribution is 7.47. The lowest BCUT2D eigenvalue weighted by Crippen LogP contribution is -2.34. The molecule has 0 amide bonds. The van der Waals surface area contributed by atoms with Crippen LogP contribution in [0.15, 0.2) is 0 Å². The maximum atomic E-state index is 12.8. The van der Waals surface area contributed by atoms with E-state index in [0.717, 1.165) is 38.5 Å². The van der Waals surface area contributed by atoms with Gasteiger partial charge in [0.15, 0.2) is 0 Å². The highest BCUT2D eigenvalue weighted by Gasteiger charge is 2.27. The van der Waals surface area contributed by atoms with Crippen molar-refractivity contribution in [3.05, 3.63) is 0 Å². The van der Waals surface area contributed by atoms with E-state index in [2.05, 4.69) is 13.8 Å². The molecular weight excluding hydrogens is 886 g/mol. The summed E-state index contributed by atoms with van der Waals surface area (Å²) in [6.45, 7) is 3.98. The Labute approximate surface area is 427 Å². The third-order valence-electron chi connectivity index (χ3n) is 13.9. The summed E-state index contributed by atoms with van der Waals surface area (Å²) in [7, 11) is -4.62. The van der Waals surface area contributed by atoms with E-state index in [-0.39, 0.29) is 13.0 Å². The molecule has 0 aromatic heterocycles. The Morgan fingerprint density at radius 3 is 0.957 bits per heavy atom. The van der Waals surface area contributed by atoms with Crippen molar-refractivity contribution in [3.63, 3.8) is 0 Å². The Morgan fingerprint density at radius 1 is 0.406 bits per heavy atom. The van der Waals surface area contributed by atoms with Crippen molar-refractivity contribution in [1.29, 1.82) is 0 Å². The largest absolute Gasteiger partial charge is 0.480 e. The minimum atomic E-state index is -4.62. The van der Waals surface area contributed by atoms with Crippen molar-refractivity contribution >= 4 is 19.8 Å². The van der Waals surface area contributed by atoms with Crippen molar-refractivity contribution in [3.8, 4) is 0 Å². The number of hydrogen-bond acceptors (Lipinski definition) is 8. The highest BCUT2D eigenvalue weighted by Crippen LogP contribution is 2.43. The van der Waals surface area contributed by atoms with E-state index < -0.39 is 45.1 Å². The number of carboxylic acid groups (broad SMARTS) is 1. The Kier molecular flexibility index (Phi) is 53.9. The predicted octanol–water partition coefficient (Wildman–Crippen LogP) is 18.2. The summed E-state index contributed by atoms with van der Waals surface area (Å²) in [6, 6.07) is -1.47. The van der Waals surface area contributed by atoms with E-state index in [1.54, 1.807) is 0 Å². The molecule has 0 spiro atoms. The normalized spacial score (nSPS) is 13.4. The van der Waals surface area contributed by atoms with Gasteiger partial charge in [-0.05, 0) is 12.8 Å².